The quantitative estimate of drug-likeness (QED) is 0.792. The molecule has 96 valence electrons. The number of aromatic nitrogens is 3. The molecule has 0 unspecified atom stereocenters. The van der Waals surface area contributed by atoms with Gasteiger partial charge in [-0.2, -0.15) is 0 Å². The number of carbonyl (C=O) groups is 1. The van der Waals surface area contributed by atoms with Gasteiger partial charge in [0.2, 0.25) is 0 Å². The van der Waals surface area contributed by atoms with Gasteiger partial charge in [0.1, 0.15) is 17.7 Å². The van der Waals surface area contributed by atoms with Crippen LogP contribution in [0.5, 0.6) is 0 Å². The fraction of sp³-hybridized carbons (Fsp3) is 0.455. The SMILES string of the molecule is CC[C@@H](C)OC(=O)c1snnc1-c1coc(C)n1. The van der Waals surface area contributed by atoms with Crippen LogP contribution in [0.25, 0.3) is 11.4 Å². The van der Waals surface area contributed by atoms with E-state index in [1.807, 2.05) is 13.8 Å². The van der Waals surface area contributed by atoms with E-state index in [0.29, 0.717) is 22.2 Å². The van der Waals surface area contributed by atoms with E-state index in [1.165, 1.54) is 6.26 Å². The highest BCUT2D eigenvalue weighted by Gasteiger charge is 2.22. The largest absolute Gasteiger partial charge is 0.458 e. The molecule has 0 aliphatic heterocycles. The summed E-state index contributed by atoms with van der Waals surface area (Å²) in [5, 5.41) is 3.90. The van der Waals surface area contributed by atoms with Crippen molar-refractivity contribution >= 4 is 17.5 Å². The van der Waals surface area contributed by atoms with Gasteiger partial charge in [-0.1, -0.05) is 11.4 Å². The normalized spacial score (nSPS) is 12.4. The third-order valence-electron chi connectivity index (χ3n) is 2.42. The van der Waals surface area contributed by atoms with Gasteiger partial charge >= 0.3 is 5.97 Å². The van der Waals surface area contributed by atoms with Crippen LogP contribution in [0.4, 0.5) is 0 Å². The molecule has 18 heavy (non-hydrogen) atoms. The Hall–Kier alpha value is -1.76. The molecule has 2 rings (SSSR count). The predicted octanol–water partition coefficient (Wildman–Crippen LogP) is 2.46. The van der Waals surface area contributed by atoms with Crippen molar-refractivity contribution in [3.63, 3.8) is 0 Å². The maximum atomic E-state index is 11.9. The molecule has 0 fully saturated rings. The average Bonchev–Trinajstić information content (AvgIpc) is 2.96. The van der Waals surface area contributed by atoms with Gasteiger partial charge in [0, 0.05) is 6.92 Å². The van der Waals surface area contributed by atoms with Crippen molar-refractivity contribution in [2.75, 3.05) is 0 Å². The third-order valence-corrected chi connectivity index (χ3v) is 3.12. The molecule has 6 nitrogen and oxygen atoms in total. The van der Waals surface area contributed by atoms with E-state index < -0.39 is 5.97 Å². The second-order valence-corrected chi connectivity index (χ2v) is 4.58. The summed E-state index contributed by atoms with van der Waals surface area (Å²) in [4.78, 5) is 16.4. The van der Waals surface area contributed by atoms with Gasteiger partial charge in [-0.3, -0.25) is 0 Å². The van der Waals surface area contributed by atoms with Crippen molar-refractivity contribution in [2.45, 2.75) is 33.3 Å². The molecule has 7 heteroatoms. The second kappa shape index (κ2) is 5.26. The van der Waals surface area contributed by atoms with E-state index in [1.54, 1.807) is 6.92 Å². The zero-order chi connectivity index (χ0) is 13.1. The van der Waals surface area contributed by atoms with Crippen molar-refractivity contribution in [3.05, 3.63) is 17.0 Å². The summed E-state index contributed by atoms with van der Waals surface area (Å²) in [6.07, 6.45) is 2.08. The number of ether oxygens (including phenoxy) is 1. The van der Waals surface area contributed by atoms with E-state index in [0.717, 1.165) is 18.0 Å². The first-order chi connectivity index (χ1) is 8.61. The van der Waals surface area contributed by atoms with E-state index >= 15 is 0 Å². The summed E-state index contributed by atoms with van der Waals surface area (Å²) in [6.45, 7) is 5.51. The summed E-state index contributed by atoms with van der Waals surface area (Å²) in [7, 11) is 0. The molecule has 0 spiro atoms. The maximum Gasteiger partial charge on any atom is 0.352 e. The first-order valence-electron chi connectivity index (χ1n) is 5.57. The van der Waals surface area contributed by atoms with Crippen molar-refractivity contribution < 1.29 is 13.9 Å². The van der Waals surface area contributed by atoms with Gasteiger partial charge in [-0.25, -0.2) is 9.78 Å². The number of aryl methyl sites for hydroxylation is 1. The molecule has 0 aliphatic carbocycles. The summed E-state index contributed by atoms with van der Waals surface area (Å²) in [5.41, 5.74) is 0.905. The lowest BCUT2D eigenvalue weighted by atomic mass is 10.3. The van der Waals surface area contributed by atoms with Crippen molar-refractivity contribution in [1.29, 1.82) is 0 Å². The zero-order valence-electron chi connectivity index (χ0n) is 10.3. The van der Waals surface area contributed by atoms with E-state index in [-0.39, 0.29) is 6.10 Å². The molecule has 2 aromatic rings. The molecule has 1 atom stereocenters. The zero-order valence-corrected chi connectivity index (χ0v) is 11.2. The first kappa shape index (κ1) is 12.7. The Bertz CT molecular complexity index is 549. The summed E-state index contributed by atoms with van der Waals surface area (Å²) in [6, 6.07) is 0. The Morgan fingerprint density at radius 1 is 1.61 bits per heavy atom. The minimum Gasteiger partial charge on any atom is -0.458 e. The minimum atomic E-state index is -0.421. The molecule has 0 aliphatic rings. The highest BCUT2D eigenvalue weighted by Crippen LogP contribution is 2.24. The smallest absolute Gasteiger partial charge is 0.352 e. The molecule has 0 amide bonds. The molecule has 0 N–H and O–H groups in total. The van der Waals surface area contributed by atoms with E-state index in [2.05, 4.69) is 14.6 Å². The van der Waals surface area contributed by atoms with Crippen molar-refractivity contribution in [3.8, 4) is 11.4 Å². The monoisotopic (exact) mass is 267 g/mol. The lowest BCUT2D eigenvalue weighted by Gasteiger charge is -2.09. The first-order valence-corrected chi connectivity index (χ1v) is 6.35. The van der Waals surface area contributed by atoms with Crippen LogP contribution >= 0.6 is 11.5 Å². The highest BCUT2D eigenvalue weighted by atomic mass is 32.1. The van der Waals surface area contributed by atoms with E-state index in [4.69, 9.17) is 9.15 Å². The number of esters is 1. The number of nitrogens with zero attached hydrogens (tertiary/aromatic N) is 3. The molecule has 0 aromatic carbocycles. The molecule has 0 saturated carbocycles. The fourth-order valence-electron chi connectivity index (χ4n) is 1.28. The lowest BCUT2D eigenvalue weighted by Crippen LogP contribution is -2.13. The topological polar surface area (TPSA) is 78.1 Å². The number of carbonyl (C=O) groups excluding carboxylic acids is 1. The molecular weight excluding hydrogens is 254 g/mol. The van der Waals surface area contributed by atoms with Crippen molar-refractivity contribution in [1.82, 2.24) is 14.6 Å². The lowest BCUT2D eigenvalue weighted by molar-refractivity contribution is 0.0341. The number of oxazole rings is 1. The fourth-order valence-corrected chi connectivity index (χ4v) is 1.84. The minimum absolute atomic E-state index is 0.133. The number of hydrogen-bond donors (Lipinski definition) is 0. The predicted molar refractivity (Wildman–Crippen MR) is 65.3 cm³/mol. The van der Waals surface area contributed by atoms with Gasteiger partial charge < -0.3 is 9.15 Å². The van der Waals surface area contributed by atoms with Crippen LogP contribution in [-0.4, -0.2) is 26.6 Å². The molecular formula is C11H13N3O3S. The van der Waals surface area contributed by atoms with Gasteiger partial charge in [-0.15, -0.1) is 5.10 Å². The Morgan fingerprint density at radius 2 is 2.39 bits per heavy atom. The van der Waals surface area contributed by atoms with Crippen LogP contribution in [0, 0.1) is 6.92 Å². The van der Waals surface area contributed by atoms with Crippen LogP contribution in [0.2, 0.25) is 0 Å². The van der Waals surface area contributed by atoms with Crippen LogP contribution in [0.15, 0.2) is 10.7 Å². The van der Waals surface area contributed by atoms with Gasteiger partial charge in [-0.05, 0) is 24.9 Å². The van der Waals surface area contributed by atoms with Gasteiger partial charge in [0.15, 0.2) is 10.8 Å². The average molecular weight is 267 g/mol. The third kappa shape index (κ3) is 2.56. The summed E-state index contributed by atoms with van der Waals surface area (Å²) < 4.78 is 14.1. The molecule has 0 bridgehead atoms. The van der Waals surface area contributed by atoms with Crippen LogP contribution < -0.4 is 0 Å². The standard InChI is InChI=1S/C11H13N3O3S/c1-4-6(2)17-11(15)10-9(13-14-18-10)8-5-16-7(3)12-8/h5-6H,4H2,1-3H3/t6-/m1/s1. The number of hydrogen-bond acceptors (Lipinski definition) is 7. The Balaban J connectivity index is 2.25. The molecule has 2 heterocycles. The molecule has 0 saturated heterocycles. The number of rotatable bonds is 4. The van der Waals surface area contributed by atoms with Crippen LogP contribution in [-0.2, 0) is 4.74 Å². The molecule has 0 radical (unpaired) electrons. The van der Waals surface area contributed by atoms with Gasteiger partial charge in [0.05, 0.1) is 6.10 Å². The highest BCUT2D eigenvalue weighted by molar-refractivity contribution is 7.08. The van der Waals surface area contributed by atoms with Gasteiger partial charge in [0.25, 0.3) is 0 Å². The maximum absolute atomic E-state index is 11.9. The second-order valence-electron chi connectivity index (χ2n) is 3.83. The Kier molecular flexibility index (Phi) is 3.71. The Morgan fingerprint density at radius 3 is 3.00 bits per heavy atom. The van der Waals surface area contributed by atoms with Crippen LogP contribution in [0.1, 0.15) is 35.8 Å². The van der Waals surface area contributed by atoms with Crippen LogP contribution in [0.3, 0.4) is 0 Å². The van der Waals surface area contributed by atoms with Crippen molar-refractivity contribution in [2.24, 2.45) is 0 Å². The summed E-state index contributed by atoms with van der Waals surface area (Å²) in [5.74, 6) is 0.0919. The Labute approximate surface area is 108 Å². The molecule has 2 aromatic heterocycles. The summed E-state index contributed by atoms with van der Waals surface area (Å²) >= 11 is 0.997. The van der Waals surface area contributed by atoms with E-state index in [9.17, 15) is 4.79 Å².